The molecule has 0 bridgehead atoms. The lowest BCUT2D eigenvalue weighted by molar-refractivity contribution is -0.132. The summed E-state index contributed by atoms with van der Waals surface area (Å²) in [5, 5.41) is 1.32. The molecular weight excluding hydrogens is 434 g/mol. The molecule has 4 aromatic rings. The zero-order chi connectivity index (χ0) is 24.9. The first-order chi connectivity index (χ1) is 16.7. The Balaban J connectivity index is 1.50. The number of hydrogen-bond donors (Lipinski definition) is 1. The van der Waals surface area contributed by atoms with Crippen molar-refractivity contribution in [2.24, 2.45) is 0 Å². The minimum atomic E-state index is 0.238. The van der Waals surface area contributed by atoms with Gasteiger partial charge in [-0.15, -0.1) is 0 Å². The van der Waals surface area contributed by atoms with Gasteiger partial charge >= 0.3 is 0 Å². The first-order valence-electron chi connectivity index (χ1n) is 12.8. The number of H-pyrrole nitrogens is 1. The Morgan fingerprint density at radius 3 is 2.60 bits per heavy atom. The number of fused-ring (bicyclic) bond motifs is 2. The molecule has 1 aliphatic rings. The van der Waals surface area contributed by atoms with Crippen LogP contribution in [0.5, 0.6) is 0 Å². The number of aryl methyl sites for hydroxylation is 1. The zero-order valence-electron chi connectivity index (χ0n) is 21.9. The van der Waals surface area contributed by atoms with Crippen molar-refractivity contribution in [1.29, 1.82) is 0 Å². The van der Waals surface area contributed by atoms with Crippen LogP contribution in [0.25, 0.3) is 27.8 Å². The van der Waals surface area contributed by atoms with E-state index < -0.39 is 0 Å². The van der Waals surface area contributed by atoms with E-state index in [2.05, 4.69) is 66.5 Å². The molecule has 35 heavy (non-hydrogen) atoms. The smallest absolute Gasteiger partial charge is 0.236 e. The summed E-state index contributed by atoms with van der Waals surface area (Å²) in [4.78, 5) is 24.8. The summed E-state index contributed by atoms with van der Waals surface area (Å²) in [7, 11) is 3.90. The summed E-state index contributed by atoms with van der Waals surface area (Å²) in [6.07, 6.45) is 8.15. The van der Waals surface area contributed by atoms with Gasteiger partial charge in [-0.25, -0.2) is 4.98 Å². The van der Waals surface area contributed by atoms with Crippen LogP contribution in [0.3, 0.4) is 0 Å². The predicted molar refractivity (Wildman–Crippen MR) is 143 cm³/mol. The molecule has 5 rings (SSSR count). The monoisotopic (exact) mass is 471 g/mol. The maximum absolute atomic E-state index is 12.5. The molecule has 0 spiro atoms. The molecule has 3 aromatic heterocycles. The lowest BCUT2D eigenvalue weighted by Gasteiger charge is -2.33. The van der Waals surface area contributed by atoms with Crippen molar-refractivity contribution in [2.45, 2.75) is 52.4 Å². The quantitative estimate of drug-likeness (QED) is 0.419. The number of aromatic nitrogens is 3. The highest BCUT2D eigenvalue weighted by atomic mass is 16.2. The van der Waals surface area contributed by atoms with Gasteiger partial charge < -0.3 is 19.2 Å². The molecule has 184 valence electrons. The summed E-state index contributed by atoms with van der Waals surface area (Å²) in [5.74, 6) is 1.12. The number of aromatic amines is 1. The molecule has 1 saturated heterocycles. The van der Waals surface area contributed by atoms with Gasteiger partial charge in [0.2, 0.25) is 5.91 Å². The normalized spacial score (nSPS) is 15.3. The van der Waals surface area contributed by atoms with Crippen molar-refractivity contribution in [1.82, 2.24) is 24.2 Å². The number of carbonyl (C=O) groups excluding carboxylic acids is 1. The van der Waals surface area contributed by atoms with Crippen molar-refractivity contribution in [3.8, 4) is 11.3 Å². The molecule has 1 aliphatic heterocycles. The van der Waals surface area contributed by atoms with Crippen molar-refractivity contribution >= 4 is 22.5 Å². The van der Waals surface area contributed by atoms with E-state index in [1.165, 1.54) is 44.4 Å². The summed E-state index contributed by atoms with van der Waals surface area (Å²) in [6, 6.07) is 6.94. The van der Waals surface area contributed by atoms with E-state index in [0.29, 0.717) is 18.4 Å². The zero-order valence-corrected chi connectivity index (χ0v) is 21.9. The molecule has 4 heterocycles. The van der Waals surface area contributed by atoms with Gasteiger partial charge in [0.15, 0.2) is 0 Å². The largest absolute Gasteiger partial charge is 0.354 e. The van der Waals surface area contributed by atoms with E-state index in [0.717, 1.165) is 31.6 Å². The Bertz CT molecular complexity index is 1390. The fraction of sp³-hybridized carbons (Fsp3) is 0.448. The minimum absolute atomic E-state index is 0.238. The SMILES string of the molecule is Cc1c(-c2[nH]c3ccc(C4CCN(C(=O)CN(C)C)CC4)cc3c2C(C)C)cn2ccnc2c1C. The molecular formula is C29H37N5O. The molecule has 0 saturated carbocycles. The van der Waals surface area contributed by atoms with Crippen LogP contribution in [0.15, 0.2) is 36.8 Å². The Hall–Kier alpha value is -3.12. The van der Waals surface area contributed by atoms with Crippen LogP contribution in [0.4, 0.5) is 0 Å². The summed E-state index contributed by atoms with van der Waals surface area (Å²) in [5.41, 5.74) is 9.92. The van der Waals surface area contributed by atoms with Gasteiger partial charge in [-0.3, -0.25) is 4.79 Å². The van der Waals surface area contributed by atoms with Gasteiger partial charge in [-0.1, -0.05) is 19.9 Å². The van der Waals surface area contributed by atoms with E-state index in [-0.39, 0.29) is 5.91 Å². The Morgan fingerprint density at radius 2 is 1.91 bits per heavy atom. The van der Waals surface area contributed by atoms with E-state index >= 15 is 0 Å². The lowest BCUT2D eigenvalue weighted by Crippen LogP contribution is -2.42. The maximum atomic E-state index is 12.5. The van der Waals surface area contributed by atoms with Gasteiger partial charge in [0.1, 0.15) is 5.65 Å². The van der Waals surface area contributed by atoms with E-state index in [1.54, 1.807) is 0 Å². The first-order valence-corrected chi connectivity index (χ1v) is 12.8. The standard InChI is InChI=1S/C29H37N5O/c1-18(2)27-23-15-22(21-9-12-33(13-10-21)26(35)17-32(5)6)7-8-25(23)31-28(27)24-16-34-14-11-30-29(34)20(4)19(24)3/h7-8,11,14-16,18,21,31H,9-10,12-13,17H2,1-6H3. The maximum Gasteiger partial charge on any atom is 0.236 e. The molecule has 0 unspecified atom stereocenters. The molecule has 0 aliphatic carbocycles. The molecule has 1 fully saturated rings. The van der Waals surface area contributed by atoms with Crippen molar-refractivity contribution in [3.05, 3.63) is 59.0 Å². The molecule has 6 heteroatoms. The topological polar surface area (TPSA) is 56.6 Å². The highest BCUT2D eigenvalue weighted by Gasteiger charge is 2.25. The third kappa shape index (κ3) is 4.25. The third-order valence-corrected chi connectivity index (χ3v) is 7.72. The van der Waals surface area contributed by atoms with Crippen LogP contribution >= 0.6 is 0 Å². The minimum Gasteiger partial charge on any atom is -0.354 e. The Labute approximate surface area is 208 Å². The highest BCUT2D eigenvalue weighted by molar-refractivity contribution is 5.92. The molecule has 6 nitrogen and oxygen atoms in total. The molecule has 0 atom stereocenters. The van der Waals surface area contributed by atoms with Gasteiger partial charge in [0, 0.05) is 48.1 Å². The van der Waals surface area contributed by atoms with Crippen LogP contribution in [0.1, 0.15) is 60.8 Å². The molecule has 0 radical (unpaired) electrons. The number of imidazole rings is 1. The third-order valence-electron chi connectivity index (χ3n) is 7.72. The molecule has 1 amide bonds. The van der Waals surface area contributed by atoms with Gasteiger partial charge in [0.25, 0.3) is 0 Å². The summed E-state index contributed by atoms with van der Waals surface area (Å²) in [6.45, 7) is 11.1. The van der Waals surface area contributed by atoms with Crippen LogP contribution in [0.2, 0.25) is 0 Å². The van der Waals surface area contributed by atoms with E-state index in [9.17, 15) is 4.79 Å². The van der Waals surface area contributed by atoms with E-state index in [1.807, 2.05) is 36.3 Å². The van der Waals surface area contributed by atoms with Crippen LogP contribution in [-0.2, 0) is 4.79 Å². The Morgan fingerprint density at radius 1 is 1.17 bits per heavy atom. The van der Waals surface area contributed by atoms with Gasteiger partial charge in [-0.05, 0) is 87.0 Å². The lowest BCUT2D eigenvalue weighted by atomic mass is 9.87. The number of carbonyl (C=O) groups is 1. The highest BCUT2D eigenvalue weighted by Crippen LogP contribution is 2.40. The molecule has 1 aromatic carbocycles. The number of hydrogen-bond acceptors (Lipinski definition) is 3. The molecule has 1 N–H and O–H groups in total. The summed E-state index contributed by atoms with van der Waals surface area (Å²) < 4.78 is 2.13. The number of likely N-dealkylation sites (tertiary alicyclic amines) is 1. The van der Waals surface area contributed by atoms with Crippen LogP contribution in [-0.4, -0.2) is 63.8 Å². The number of rotatable bonds is 5. The van der Waals surface area contributed by atoms with Crippen molar-refractivity contribution < 1.29 is 4.79 Å². The fourth-order valence-corrected chi connectivity index (χ4v) is 5.69. The van der Waals surface area contributed by atoms with Crippen LogP contribution < -0.4 is 0 Å². The van der Waals surface area contributed by atoms with Crippen molar-refractivity contribution in [3.63, 3.8) is 0 Å². The second-order valence-corrected chi connectivity index (χ2v) is 10.7. The van der Waals surface area contributed by atoms with Gasteiger partial charge in [0.05, 0.1) is 12.2 Å². The number of likely N-dealkylation sites (N-methyl/N-ethyl adjacent to an activating group) is 1. The number of amides is 1. The number of benzene rings is 1. The average molecular weight is 472 g/mol. The number of nitrogens with one attached hydrogen (secondary N) is 1. The van der Waals surface area contributed by atoms with Crippen molar-refractivity contribution in [2.75, 3.05) is 33.7 Å². The Kier molecular flexibility index (Phi) is 6.18. The van der Waals surface area contributed by atoms with Crippen LogP contribution in [0, 0.1) is 13.8 Å². The second-order valence-electron chi connectivity index (χ2n) is 10.7. The predicted octanol–water partition coefficient (Wildman–Crippen LogP) is 5.49. The van der Waals surface area contributed by atoms with Gasteiger partial charge in [-0.2, -0.15) is 0 Å². The van der Waals surface area contributed by atoms with E-state index in [4.69, 9.17) is 0 Å². The summed E-state index contributed by atoms with van der Waals surface area (Å²) >= 11 is 0. The first kappa shape index (κ1) is 23.6. The number of pyridine rings is 1. The average Bonchev–Trinajstić information content (AvgIpc) is 3.45. The fourth-order valence-electron chi connectivity index (χ4n) is 5.69. The number of piperidine rings is 1. The second kappa shape index (κ2) is 9.15. The number of nitrogens with zero attached hydrogens (tertiary/aromatic N) is 4.